The van der Waals surface area contributed by atoms with Gasteiger partial charge >= 0.3 is 0 Å². The number of pyridine rings is 1. The van der Waals surface area contributed by atoms with Gasteiger partial charge in [0.05, 0.1) is 6.10 Å². The largest absolute Gasteiger partial charge is 0.376 e. The predicted octanol–water partition coefficient (Wildman–Crippen LogP) is 2.11. The number of hydrogen-bond acceptors (Lipinski definition) is 4. The third-order valence-electron chi connectivity index (χ3n) is 6.23. The number of likely N-dealkylation sites (tertiary alicyclic amines) is 2. The van der Waals surface area contributed by atoms with Gasteiger partial charge in [0.15, 0.2) is 0 Å². The molecule has 26 heavy (non-hydrogen) atoms. The van der Waals surface area contributed by atoms with Crippen LogP contribution in [0.2, 0.25) is 0 Å². The van der Waals surface area contributed by atoms with E-state index in [-0.39, 0.29) is 23.3 Å². The van der Waals surface area contributed by atoms with E-state index in [1.165, 1.54) is 0 Å². The highest BCUT2D eigenvalue weighted by Gasteiger charge is 2.42. The van der Waals surface area contributed by atoms with E-state index in [2.05, 4.69) is 4.98 Å². The minimum Gasteiger partial charge on any atom is -0.376 e. The third kappa shape index (κ3) is 3.61. The molecule has 0 N–H and O–H groups in total. The normalized spacial score (nSPS) is 25.7. The third-order valence-corrected chi connectivity index (χ3v) is 6.23. The molecular formula is C20H27N3O3. The van der Waals surface area contributed by atoms with Crippen LogP contribution in [0.25, 0.3) is 0 Å². The Bertz CT molecular complexity index is 650. The first-order valence-electron chi connectivity index (χ1n) is 9.74. The first kappa shape index (κ1) is 17.5. The van der Waals surface area contributed by atoms with Crippen LogP contribution in [0.4, 0.5) is 0 Å². The van der Waals surface area contributed by atoms with Crippen molar-refractivity contribution in [1.29, 1.82) is 0 Å². The molecule has 0 saturated carbocycles. The molecule has 0 aliphatic carbocycles. The number of aromatic nitrogens is 1. The maximum absolute atomic E-state index is 12.6. The summed E-state index contributed by atoms with van der Waals surface area (Å²) in [6.45, 7) is 3.92. The van der Waals surface area contributed by atoms with Crippen LogP contribution >= 0.6 is 0 Å². The van der Waals surface area contributed by atoms with Gasteiger partial charge in [-0.25, -0.2) is 0 Å². The Morgan fingerprint density at radius 1 is 1.23 bits per heavy atom. The topological polar surface area (TPSA) is 62.7 Å². The Balaban J connectivity index is 1.36. The number of hydrogen-bond donors (Lipinski definition) is 0. The Morgan fingerprint density at radius 2 is 2.00 bits per heavy atom. The molecule has 1 unspecified atom stereocenters. The number of carbonyl (C=O) groups excluding carboxylic acids is 2. The van der Waals surface area contributed by atoms with Crippen molar-refractivity contribution in [3.8, 4) is 0 Å². The van der Waals surface area contributed by atoms with Crippen molar-refractivity contribution >= 4 is 11.8 Å². The maximum Gasteiger partial charge on any atom is 0.253 e. The average Bonchev–Trinajstić information content (AvgIpc) is 3.19. The lowest BCUT2D eigenvalue weighted by Gasteiger charge is -2.47. The molecule has 6 heteroatoms. The molecule has 0 radical (unpaired) electrons. The molecule has 1 aromatic heterocycles. The van der Waals surface area contributed by atoms with E-state index < -0.39 is 0 Å². The van der Waals surface area contributed by atoms with Crippen molar-refractivity contribution in [3.05, 3.63) is 30.1 Å². The monoisotopic (exact) mass is 357 g/mol. The van der Waals surface area contributed by atoms with E-state index >= 15 is 0 Å². The molecule has 3 aliphatic heterocycles. The first-order chi connectivity index (χ1) is 12.7. The molecule has 0 bridgehead atoms. The fraction of sp³-hybridized carbons (Fsp3) is 0.650. The smallest absolute Gasteiger partial charge is 0.253 e. The summed E-state index contributed by atoms with van der Waals surface area (Å²) in [5.41, 5.74) is 0.872. The highest BCUT2D eigenvalue weighted by atomic mass is 16.5. The van der Waals surface area contributed by atoms with Gasteiger partial charge in [0, 0.05) is 57.2 Å². The average molecular weight is 357 g/mol. The van der Waals surface area contributed by atoms with Gasteiger partial charge in [0.2, 0.25) is 5.91 Å². The first-order valence-corrected chi connectivity index (χ1v) is 9.74. The highest BCUT2D eigenvalue weighted by Crippen LogP contribution is 2.40. The molecule has 140 valence electrons. The molecule has 3 saturated heterocycles. The summed E-state index contributed by atoms with van der Waals surface area (Å²) < 4.78 is 5.73. The van der Waals surface area contributed by atoms with Gasteiger partial charge in [-0.1, -0.05) is 0 Å². The van der Waals surface area contributed by atoms with Gasteiger partial charge in [-0.05, 0) is 49.7 Å². The Morgan fingerprint density at radius 3 is 2.69 bits per heavy atom. The number of rotatable bonds is 3. The summed E-state index contributed by atoms with van der Waals surface area (Å²) in [5, 5.41) is 0. The van der Waals surface area contributed by atoms with Crippen molar-refractivity contribution in [3.63, 3.8) is 0 Å². The van der Waals surface area contributed by atoms with Crippen molar-refractivity contribution < 1.29 is 14.3 Å². The van der Waals surface area contributed by atoms with E-state index in [1.54, 1.807) is 24.5 Å². The summed E-state index contributed by atoms with van der Waals surface area (Å²) in [7, 11) is 0. The molecule has 2 amide bonds. The van der Waals surface area contributed by atoms with Crippen LogP contribution in [0, 0.1) is 5.41 Å². The van der Waals surface area contributed by atoms with Crippen LogP contribution < -0.4 is 0 Å². The Kier molecular flexibility index (Phi) is 4.94. The van der Waals surface area contributed by atoms with Gasteiger partial charge in [-0.2, -0.15) is 0 Å². The molecule has 1 spiro atoms. The maximum atomic E-state index is 12.6. The van der Waals surface area contributed by atoms with Crippen LogP contribution in [-0.4, -0.2) is 65.5 Å². The lowest BCUT2D eigenvalue weighted by molar-refractivity contribution is -0.141. The second-order valence-electron chi connectivity index (χ2n) is 7.94. The van der Waals surface area contributed by atoms with E-state index in [0.29, 0.717) is 12.0 Å². The number of amides is 2. The second-order valence-corrected chi connectivity index (χ2v) is 7.94. The Labute approximate surface area is 154 Å². The summed E-state index contributed by atoms with van der Waals surface area (Å²) >= 11 is 0. The van der Waals surface area contributed by atoms with E-state index in [9.17, 15) is 9.59 Å². The molecule has 3 fully saturated rings. The van der Waals surface area contributed by atoms with Gasteiger partial charge in [0.1, 0.15) is 0 Å². The van der Waals surface area contributed by atoms with Gasteiger partial charge in [-0.15, -0.1) is 0 Å². The molecule has 3 aliphatic rings. The van der Waals surface area contributed by atoms with Crippen LogP contribution in [-0.2, 0) is 9.53 Å². The van der Waals surface area contributed by atoms with Gasteiger partial charge < -0.3 is 14.5 Å². The lowest BCUT2D eigenvalue weighted by atomic mass is 9.72. The molecule has 0 aromatic carbocycles. The Hall–Kier alpha value is -1.95. The zero-order valence-electron chi connectivity index (χ0n) is 15.2. The fourth-order valence-electron chi connectivity index (χ4n) is 4.57. The van der Waals surface area contributed by atoms with Crippen molar-refractivity contribution in [2.75, 3.05) is 32.8 Å². The fourth-order valence-corrected chi connectivity index (χ4v) is 4.57. The summed E-state index contributed by atoms with van der Waals surface area (Å²) in [5.74, 6) is 0.353. The minimum absolute atomic E-state index is 0.0883. The van der Waals surface area contributed by atoms with E-state index in [4.69, 9.17) is 4.74 Å². The molecule has 1 aromatic rings. The minimum atomic E-state index is 0.0883. The summed E-state index contributed by atoms with van der Waals surface area (Å²) in [6.07, 6.45) is 9.22. The zero-order valence-corrected chi connectivity index (χ0v) is 15.2. The van der Waals surface area contributed by atoms with E-state index in [0.717, 1.165) is 64.9 Å². The molecule has 4 heterocycles. The predicted molar refractivity (Wildman–Crippen MR) is 96.6 cm³/mol. The number of ether oxygens (including phenoxy) is 1. The SMILES string of the molecule is O=C1CCC2(CCN(C(=O)c3ccncc3)CC2)CN1CC1CCCO1. The summed E-state index contributed by atoms with van der Waals surface area (Å²) in [6, 6.07) is 3.55. The molecular weight excluding hydrogens is 330 g/mol. The van der Waals surface area contributed by atoms with Crippen LogP contribution in [0.15, 0.2) is 24.5 Å². The van der Waals surface area contributed by atoms with Gasteiger partial charge in [-0.3, -0.25) is 14.6 Å². The lowest BCUT2D eigenvalue weighted by Crippen LogP contribution is -2.53. The molecule has 1 atom stereocenters. The van der Waals surface area contributed by atoms with Crippen molar-refractivity contribution in [1.82, 2.24) is 14.8 Å². The van der Waals surface area contributed by atoms with Gasteiger partial charge in [0.25, 0.3) is 5.91 Å². The van der Waals surface area contributed by atoms with Crippen LogP contribution in [0.3, 0.4) is 0 Å². The molecule has 6 nitrogen and oxygen atoms in total. The highest BCUT2D eigenvalue weighted by molar-refractivity contribution is 5.94. The number of nitrogens with zero attached hydrogens (tertiary/aromatic N) is 3. The second kappa shape index (κ2) is 7.35. The zero-order chi connectivity index (χ0) is 18.0. The quantitative estimate of drug-likeness (QED) is 0.831. The number of carbonyl (C=O) groups is 2. The van der Waals surface area contributed by atoms with Crippen LogP contribution in [0.5, 0.6) is 0 Å². The number of piperidine rings is 2. The van der Waals surface area contributed by atoms with Crippen molar-refractivity contribution in [2.24, 2.45) is 5.41 Å². The van der Waals surface area contributed by atoms with Crippen LogP contribution in [0.1, 0.15) is 48.9 Å². The van der Waals surface area contributed by atoms with E-state index in [1.807, 2.05) is 9.80 Å². The summed E-state index contributed by atoms with van der Waals surface area (Å²) in [4.78, 5) is 33.0. The molecule has 4 rings (SSSR count). The standard InChI is InChI=1S/C20H27N3O3/c24-18-3-6-20(15-23(18)14-17-2-1-13-26-17)7-11-22(12-8-20)19(25)16-4-9-21-10-5-16/h4-5,9-10,17H,1-3,6-8,11-15H2. The van der Waals surface area contributed by atoms with Crippen molar-refractivity contribution in [2.45, 2.75) is 44.6 Å².